The molecule has 2 unspecified atom stereocenters. The average molecular weight is 307 g/mol. The Morgan fingerprint density at radius 2 is 2.09 bits per heavy atom. The Bertz CT molecular complexity index is 479. The minimum Gasteiger partial charge on any atom is -0.497 e. The van der Waals surface area contributed by atoms with Gasteiger partial charge in [-0.25, -0.2) is 0 Å². The van der Waals surface area contributed by atoms with Gasteiger partial charge in [0.2, 0.25) is 0 Å². The standard InChI is InChI=1S/C17H29N3O2/c1-13-11-18-8-9-20(13)16(12-19(2)3)15-10-14(21-4)6-7-17(15)22-5/h6-7,10,13,16,18H,8-9,11-12H2,1-5H3. The molecule has 1 saturated heterocycles. The van der Waals surface area contributed by atoms with Gasteiger partial charge in [-0.05, 0) is 39.2 Å². The lowest BCUT2D eigenvalue weighted by molar-refractivity contribution is 0.0950. The molecule has 22 heavy (non-hydrogen) atoms. The van der Waals surface area contributed by atoms with Crippen LogP contribution in [0.2, 0.25) is 0 Å². The van der Waals surface area contributed by atoms with Crippen molar-refractivity contribution in [2.75, 3.05) is 54.5 Å². The summed E-state index contributed by atoms with van der Waals surface area (Å²) in [4.78, 5) is 4.80. The predicted octanol–water partition coefficient (Wildman–Crippen LogP) is 1.60. The van der Waals surface area contributed by atoms with Gasteiger partial charge in [0.05, 0.1) is 20.3 Å². The van der Waals surface area contributed by atoms with E-state index in [1.165, 1.54) is 5.56 Å². The van der Waals surface area contributed by atoms with Crippen molar-refractivity contribution in [1.82, 2.24) is 15.1 Å². The van der Waals surface area contributed by atoms with E-state index in [9.17, 15) is 0 Å². The van der Waals surface area contributed by atoms with Crippen LogP contribution in [0.5, 0.6) is 11.5 Å². The second-order valence-corrected chi connectivity index (χ2v) is 6.18. The summed E-state index contributed by atoms with van der Waals surface area (Å²) in [5.74, 6) is 1.81. The van der Waals surface area contributed by atoms with E-state index in [0.717, 1.165) is 37.7 Å². The number of methoxy groups -OCH3 is 2. The van der Waals surface area contributed by atoms with E-state index in [1.54, 1.807) is 14.2 Å². The molecule has 1 aliphatic heterocycles. The minimum absolute atomic E-state index is 0.289. The Labute approximate surface area is 134 Å². The average Bonchev–Trinajstić information content (AvgIpc) is 2.52. The van der Waals surface area contributed by atoms with Gasteiger partial charge < -0.3 is 19.7 Å². The number of likely N-dealkylation sites (N-methyl/N-ethyl adjacent to an activating group) is 1. The van der Waals surface area contributed by atoms with E-state index in [1.807, 2.05) is 12.1 Å². The topological polar surface area (TPSA) is 37.0 Å². The molecule has 1 fully saturated rings. The van der Waals surface area contributed by atoms with E-state index in [4.69, 9.17) is 9.47 Å². The van der Waals surface area contributed by atoms with Crippen molar-refractivity contribution in [3.05, 3.63) is 23.8 Å². The van der Waals surface area contributed by atoms with Gasteiger partial charge in [-0.2, -0.15) is 0 Å². The van der Waals surface area contributed by atoms with Crippen molar-refractivity contribution >= 4 is 0 Å². The highest BCUT2D eigenvalue weighted by Gasteiger charge is 2.29. The molecular weight excluding hydrogens is 278 g/mol. The highest BCUT2D eigenvalue weighted by Crippen LogP contribution is 2.34. The Morgan fingerprint density at radius 1 is 1.32 bits per heavy atom. The molecule has 0 bridgehead atoms. The highest BCUT2D eigenvalue weighted by molar-refractivity contribution is 5.42. The number of benzene rings is 1. The van der Waals surface area contributed by atoms with E-state index >= 15 is 0 Å². The lowest BCUT2D eigenvalue weighted by Gasteiger charge is -2.41. The van der Waals surface area contributed by atoms with Crippen molar-refractivity contribution in [3.63, 3.8) is 0 Å². The first-order chi connectivity index (χ1) is 10.6. The molecular formula is C17H29N3O2. The van der Waals surface area contributed by atoms with Crippen LogP contribution in [0, 0.1) is 0 Å². The molecule has 5 heteroatoms. The zero-order chi connectivity index (χ0) is 16.1. The summed E-state index contributed by atoms with van der Waals surface area (Å²) < 4.78 is 11.0. The molecule has 0 radical (unpaired) electrons. The molecule has 1 aliphatic rings. The third kappa shape index (κ3) is 3.91. The van der Waals surface area contributed by atoms with Crippen molar-refractivity contribution in [1.29, 1.82) is 0 Å². The van der Waals surface area contributed by atoms with Crippen LogP contribution >= 0.6 is 0 Å². The SMILES string of the molecule is COc1ccc(OC)c(C(CN(C)C)N2CCNCC2C)c1. The maximum Gasteiger partial charge on any atom is 0.123 e. The number of hydrogen-bond acceptors (Lipinski definition) is 5. The summed E-state index contributed by atoms with van der Waals surface area (Å²) in [6.07, 6.45) is 0. The smallest absolute Gasteiger partial charge is 0.123 e. The fraction of sp³-hybridized carbons (Fsp3) is 0.647. The number of piperazine rings is 1. The lowest BCUT2D eigenvalue weighted by atomic mass is 10.00. The van der Waals surface area contributed by atoms with Gasteiger partial charge in [-0.1, -0.05) is 0 Å². The zero-order valence-electron chi connectivity index (χ0n) is 14.4. The van der Waals surface area contributed by atoms with Crippen LogP contribution in [0.15, 0.2) is 18.2 Å². The summed E-state index contributed by atoms with van der Waals surface area (Å²) in [5, 5.41) is 3.46. The highest BCUT2D eigenvalue weighted by atomic mass is 16.5. The summed E-state index contributed by atoms with van der Waals surface area (Å²) in [6.45, 7) is 6.33. The Kier molecular flexibility index (Phi) is 6.06. The number of ether oxygens (including phenoxy) is 2. The fourth-order valence-electron chi connectivity index (χ4n) is 3.15. The minimum atomic E-state index is 0.289. The zero-order valence-corrected chi connectivity index (χ0v) is 14.4. The molecule has 2 atom stereocenters. The van der Waals surface area contributed by atoms with Crippen LogP contribution in [0.25, 0.3) is 0 Å². The van der Waals surface area contributed by atoms with Crippen LogP contribution in [-0.2, 0) is 0 Å². The maximum absolute atomic E-state index is 5.62. The van der Waals surface area contributed by atoms with Crippen molar-refractivity contribution in [2.45, 2.75) is 19.0 Å². The van der Waals surface area contributed by atoms with Crippen molar-refractivity contribution in [3.8, 4) is 11.5 Å². The quantitative estimate of drug-likeness (QED) is 0.864. The van der Waals surface area contributed by atoms with Gasteiger partial charge in [0, 0.05) is 37.8 Å². The predicted molar refractivity (Wildman–Crippen MR) is 89.9 cm³/mol. The molecule has 5 nitrogen and oxygen atoms in total. The van der Waals surface area contributed by atoms with Gasteiger partial charge in [0.25, 0.3) is 0 Å². The molecule has 0 aliphatic carbocycles. The molecule has 1 aromatic carbocycles. The molecule has 124 valence electrons. The summed E-state index contributed by atoms with van der Waals surface area (Å²) >= 11 is 0. The Balaban J connectivity index is 2.39. The molecule has 0 saturated carbocycles. The van der Waals surface area contributed by atoms with Crippen LogP contribution < -0.4 is 14.8 Å². The second kappa shape index (κ2) is 7.81. The second-order valence-electron chi connectivity index (χ2n) is 6.18. The summed E-state index contributed by atoms with van der Waals surface area (Å²) in [5.41, 5.74) is 1.20. The summed E-state index contributed by atoms with van der Waals surface area (Å²) in [6, 6.07) is 6.86. The first-order valence-electron chi connectivity index (χ1n) is 7.90. The molecule has 0 aromatic heterocycles. The first kappa shape index (κ1) is 17.1. The van der Waals surface area contributed by atoms with Crippen molar-refractivity contribution < 1.29 is 9.47 Å². The van der Waals surface area contributed by atoms with Gasteiger partial charge in [0.15, 0.2) is 0 Å². The summed E-state index contributed by atoms with van der Waals surface area (Å²) in [7, 11) is 7.68. The molecule has 1 N–H and O–H groups in total. The largest absolute Gasteiger partial charge is 0.497 e. The number of nitrogens with one attached hydrogen (secondary N) is 1. The number of nitrogens with zero attached hydrogens (tertiary/aromatic N) is 2. The maximum atomic E-state index is 5.62. The normalized spacial score (nSPS) is 20.9. The lowest BCUT2D eigenvalue weighted by Crippen LogP contribution is -2.52. The van der Waals surface area contributed by atoms with Gasteiger partial charge in [-0.15, -0.1) is 0 Å². The molecule has 0 spiro atoms. The third-order valence-corrected chi connectivity index (χ3v) is 4.29. The Hall–Kier alpha value is -1.30. The Morgan fingerprint density at radius 3 is 2.68 bits per heavy atom. The number of rotatable bonds is 6. The van der Waals surface area contributed by atoms with Gasteiger partial charge in [-0.3, -0.25) is 4.90 Å². The van der Waals surface area contributed by atoms with Gasteiger partial charge in [0.1, 0.15) is 11.5 Å². The van der Waals surface area contributed by atoms with E-state index in [0.29, 0.717) is 6.04 Å². The van der Waals surface area contributed by atoms with Crippen LogP contribution in [-0.4, -0.2) is 70.3 Å². The van der Waals surface area contributed by atoms with E-state index in [-0.39, 0.29) is 6.04 Å². The van der Waals surface area contributed by atoms with E-state index < -0.39 is 0 Å². The monoisotopic (exact) mass is 307 g/mol. The third-order valence-electron chi connectivity index (χ3n) is 4.29. The van der Waals surface area contributed by atoms with E-state index in [2.05, 4.69) is 42.2 Å². The molecule has 1 heterocycles. The number of hydrogen-bond donors (Lipinski definition) is 1. The van der Waals surface area contributed by atoms with Gasteiger partial charge >= 0.3 is 0 Å². The van der Waals surface area contributed by atoms with Crippen LogP contribution in [0.1, 0.15) is 18.5 Å². The fourth-order valence-corrected chi connectivity index (χ4v) is 3.15. The first-order valence-corrected chi connectivity index (χ1v) is 7.90. The molecule has 0 amide bonds. The molecule has 1 aromatic rings. The van der Waals surface area contributed by atoms with Crippen molar-refractivity contribution in [2.24, 2.45) is 0 Å². The van der Waals surface area contributed by atoms with Crippen LogP contribution in [0.4, 0.5) is 0 Å². The molecule has 2 rings (SSSR count). The van der Waals surface area contributed by atoms with Crippen LogP contribution in [0.3, 0.4) is 0 Å².